The first-order valence-corrected chi connectivity index (χ1v) is 8.66. The molecule has 0 aliphatic carbocycles. The summed E-state index contributed by atoms with van der Waals surface area (Å²) < 4.78 is 5.29. The Hall–Kier alpha value is -3.04. The molecule has 3 nitrogen and oxygen atoms in total. The summed E-state index contributed by atoms with van der Waals surface area (Å²) in [4.78, 5) is 6.37. The SMILES string of the molecule is C=C1C(c2ccccc2)ON(c2ccccc2)C1c1ccc(OC)cc1. The number of anilines is 1. The first kappa shape index (κ1) is 16.4. The molecular formula is C23H21NO2. The van der Waals surface area contributed by atoms with Crippen LogP contribution in [0.5, 0.6) is 5.75 Å². The Morgan fingerprint density at radius 1 is 0.808 bits per heavy atom. The van der Waals surface area contributed by atoms with Gasteiger partial charge in [0.2, 0.25) is 0 Å². The van der Waals surface area contributed by atoms with E-state index in [0.29, 0.717) is 0 Å². The maximum Gasteiger partial charge on any atom is 0.134 e. The molecule has 2 atom stereocenters. The standard InChI is InChI=1S/C23H21NO2/c1-17-22(18-13-15-21(25-2)16-14-18)24(20-11-7-4-8-12-20)26-23(17)19-9-5-3-6-10-19/h3-16,22-23H,1H2,2H3. The molecule has 0 radical (unpaired) electrons. The molecule has 1 aliphatic rings. The number of methoxy groups -OCH3 is 1. The first-order valence-electron chi connectivity index (χ1n) is 8.66. The third-order valence-electron chi connectivity index (χ3n) is 4.69. The van der Waals surface area contributed by atoms with Crippen molar-refractivity contribution in [3.63, 3.8) is 0 Å². The first-order chi connectivity index (χ1) is 12.8. The minimum Gasteiger partial charge on any atom is -0.497 e. The molecule has 1 aliphatic heterocycles. The highest BCUT2D eigenvalue weighted by Crippen LogP contribution is 2.47. The van der Waals surface area contributed by atoms with Crippen LogP contribution in [0.1, 0.15) is 23.3 Å². The highest BCUT2D eigenvalue weighted by molar-refractivity contribution is 5.53. The zero-order valence-corrected chi connectivity index (χ0v) is 14.7. The molecule has 1 fully saturated rings. The Morgan fingerprint density at radius 3 is 2.04 bits per heavy atom. The summed E-state index contributed by atoms with van der Waals surface area (Å²) in [5.41, 5.74) is 4.26. The lowest BCUT2D eigenvalue weighted by molar-refractivity contribution is 0.0928. The maximum absolute atomic E-state index is 6.37. The minimum atomic E-state index is -0.177. The van der Waals surface area contributed by atoms with E-state index in [1.807, 2.05) is 53.6 Å². The zero-order chi connectivity index (χ0) is 17.9. The van der Waals surface area contributed by atoms with Crippen molar-refractivity contribution < 1.29 is 9.57 Å². The van der Waals surface area contributed by atoms with Crippen LogP contribution in [0.4, 0.5) is 5.69 Å². The molecule has 26 heavy (non-hydrogen) atoms. The normalized spacial score (nSPS) is 19.6. The van der Waals surface area contributed by atoms with Crippen LogP contribution >= 0.6 is 0 Å². The van der Waals surface area contributed by atoms with Gasteiger partial charge < -0.3 is 4.74 Å². The van der Waals surface area contributed by atoms with Gasteiger partial charge in [-0.05, 0) is 41.0 Å². The van der Waals surface area contributed by atoms with E-state index in [9.17, 15) is 0 Å². The number of benzene rings is 3. The number of hydrogen-bond acceptors (Lipinski definition) is 3. The molecule has 0 bridgehead atoms. The monoisotopic (exact) mass is 343 g/mol. The largest absolute Gasteiger partial charge is 0.497 e. The second kappa shape index (κ2) is 7.06. The Balaban J connectivity index is 1.75. The number of rotatable bonds is 4. The van der Waals surface area contributed by atoms with Crippen molar-refractivity contribution in [3.8, 4) is 5.75 Å². The van der Waals surface area contributed by atoms with Crippen molar-refractivity contribution >= 4 is 5.69 Å². The van der Waals surface area contributed by atoms with Crippen LogP contribution in [0.15, 0.2) is 97.1 Å². The van der Waals surface area contributed by atoms with Gasteiger partial charge in [0.05, 0.1) is 12.8 Å². The number of ether oxygens (including phenoxy) is 1. The quantitative estimate of drug-likeness (QED) is 0.585. The average molecular weight is 343 g/mol. The van der Waals surface area contributed by atoms with Crippen LogP contribution in [0.2, 0.25) is 0 Å². The summed E-state index contributed by atoms with van der Waals surface area (Å²) in [6, 6.07) is 28.4. The summed E-state index contributed by atoms with van der Waals surface area (Å²) in [5, 5.41) is 1.96. The predicted molar refractivity (Wildman–Crippen MR) is 104 cm³/mol. The molecule has 3 aromatic rings. The van der Waals surface area contributed by atoms with E-state index >= 15 is 0 Å². The molecule has 0 N–H and O–H groups in total. The van der Waals surface area contributed by atoms with Gasteiger partial charge in [-0.2, -0.15) is 0 Å². The number of para-hydroxylation sites is 1. The molecule has 130 valence electrons. The molecule has 3 aromatic carbocycles. The molecule has 3 heteroatoms. The van der Waals surface area contributed by atoms with Gasteiger partial charge in [-0.15, -0.1) is 0 Å². The highest BCUT2D eigenvalue weighted by atomic mass is 16.7. The lowest BCUT2D eigenvalue weighted by Gasteiger charge is -2.25. The summed E-state index contributed by atoms with van der Waals surface area (Å²) in [7, 11) is 1.67. The topological polar surface area (TPSA) is 21.7 Å². The van der Waals surface area contributed by atoms with Crippen LogP contribution in [-0.4, -0.2) is 7.11 Å². The van der Waals surface area contributed by atoms with Crippen molar-refractivity contribution in [2.24, 2.45) is 0 Å². The van der Waals surface area contributed by atoms with E-state index in [1.165, 1.54) is 0 Å². The van der Waals surface area contributed by atoms with E-state index in [0.717, 1.165) is 28.1 Å². The maximum atomic E-state index is 6.37. The van der Waals surface area contributed by atoms with Crippen molar-refractivity contribution in [2.75, 3.05) is 12.2 Å². The van der Waals surface area contributed by atoms with Crippen LogP contribution in [0.25, 0.3) is 0 Å². The summed E-state index contributed by atoms with van der Waals surface area (Å²) in [6.45, 7) is 4.39. The molecule has 0 spiro atoms. The van der Waals surface area contributed by atoms with Gasteiger partial charge >= 0.3 is 0 Å². The van der Waals surface area contributed by atoms with Gasteiger partial charge in [0, 0.05) is 0 Å². The van der Waals surface area contributed by atoms with Gasteiger partial charge in [0.15, 0.2) is 0 Å². The Labute approximate surface area is 154 Å². The van der Waals surface area contributed by atoms with Crippen molar-refractivity contribution in [3.05, 3.63) is 108 Å². The number of nitrogens with zero attached hydrogens (tertiary/aromatic N) is 1. The molecular weight excluding hydrogens is 322 g/mol. The van der Waals surface area contributed by atoms with Crippen molar-refractivity contribution in [1.29, 1.82) is 0 Å². The van der Waals surface area contributed by atoms with E-state index in [-0.39, 0.29) is 12.1 Å². The molecule has 1 heterocycles. The van der Waals surface area contributed by atoms with E-state index in [1.54, 1.807) is 7.11 Å². The second-order valence-corrected chi connectivity index (χ2v) is 6.31. The third-order valence-corrected chi connectivity index (χ3v) is 4.69. The molecule has 1 saturated heterocycles. The second-order valence-electron chi connectivity index (χ2n) is 6.31. The van der Waals surface area contributed by atoms with Crippen LogP contribution in [0, 0.1) is 0 Å². The van der Waals surface area contributed by atoms with E-state index < -0.39 is 0 Å². The lowest BCUT2D eigenvalue weighted by Crippen LogP contribution is -2.21. The van der Waals surface area contributed by atoms with Crippen LogP contribution in [-0.2, 0) is 4.84 Å². The predicted octanol–water partition coefficient (Wildman–Crippen LogP) is 5.49. The third kappa shape index (κ3) is 2.98. The van der Waals surface area contributed by atoms with Crippen molar-refractivity contribution in [2.45, 2.75) is 12.1 Å². The molecule has 4 rings (SSSR count). The Kier molecular flexibility index (Phi) is 4.46. The van der Waals surface area contributed by atoms with Gasteiger partial charge in [-0.1, -0.05) is 67.2 Å². The van der Waals surface area contributed by atoms with Gasteiger partial charge in [0.25, 0.3) is 0 Å². The fourth-order valence-electron chi connectivity index (χ4n) is 3.36. The van der Waals surface area contributed by atoms with E-state index in [4.69, 9.17) is 9.57 Å². The van der Waals surface area contributed by atoms with Gasteiger partial charge in [-0.25, -0.2) is 5.06 Å². The van der Waals surface area contributed by atoms with Crippen LogP contribution < -0.4 is 9.80 Å². The average Bonchev–Trinajstić information content (AvgIpc) is 3.06. The van der Waals surface area contributed by atoms with Gasteiger partial charge in [-0.3, -0.25) is 4.84 Å². The summed E-state index contributed by atoms with van der Waals surface area (Å²) >= 11 is 0. The van der Waals surface area contributed by atoms with Crippen LogP contribution in [0.3, 0.4) is 0 Å². The lowest BCUT2D eigenvalue weighted by atomic mass is 9.93. The summed E-state index contributed by atoms with van der Waals surface area (Å²) in [5.74, 6) is 0.837. The molecule has 0 saturated carbocycles. The Bertz CT molecular complexity index is 875. The molecule has 2 unspecified atom stereocenters. The number of hydrogen-bond donors (Lipinski definition) is 0. The fourth-order valence-corrected chi connectivity index (χ4v) is 3.36. The Morgan fingerprint density at radius 2 is 1.42 bits per heavy atom. The molecule has 0 aromatic heterocycles. The highest BCUT2D eigenvalue weighted by Gasteiger charge is 2.39. The fraction of sp³-hybridized carbons (Fsp3) is 0.130. The zero-order valence-electron chi connectivity index (χ0n) is 14.7. The van der Waals surface area contributed by atoms with E-state index in [2.05, 4.69) is 43.0 Å². The molecule has 0 amide bonds. The summed E-state index contributed by atoms with van der Waals surface area (Å²) in [6.07, 6.45) is -0.177. The van der Waals surface area contributed by atoms with Crippen molar-refractivity contribution in [1.82, 2.24) is 0 Å². The number of hydroxylamine groups is 1. The minimum absolute atomic E-state index is 0.0616. The van der Waals surface area contributed by atoms with Gasteiger partial charge in [0.1, 0.15) is 17.9 Å². The smallest absolute Gasteiger partial charge is 0.134 e.